The summed E-state index contributed by atoms with van der Waals surface area (Å²) in [6.07, 6.45) is 2.13. The topological polar surface area (TPSA) is 30.7 Å². The third-order valence-corrected chi connectivity index (χ3v) is 3.14. The van der Waals surface area contributed by atoms with Crippen LogP contribution in [0, 0.1) is 13.8 Å². The second-order valence-electron chi connectivity index (χ2n) is 4.61. The second kappa shape index (κ2) is 3.95. The Morgan fingerprint density at radius 2 is 1.83 bits per heavy atom. The lowest BCUT2D eigenvalue weighted by Crippen LogP contribution is -1.93. The molecule has 1 aromatic carbocycles. The molecule has 0 bridgehead atoms. The summed E-state index contributed by atoms with van der Waals surface area (Å²) in [6, 6.07) is 10.4. The van der Waals surface area contributed by atoms with Crippen LogP contribution in [0.2, 0.25) is 0 Å². The summed E-state index contributed by atoms with van der Waals surface area (Å²) >= 11 is 0. The fourth-order valence-electron chi connectivity index (χ4n) is 2.40. The van der Waals surface area contributed by atoms with Crippen LogP contribution in [-0.4, -0.2) is 14.5 Å². The Hall–Kier alpha value is -2.16. The Balaban J connectivity index is 2.31. The lowest BCUT2D eigenvalue weighted by atomic mass is 10.1. The van der Waals surface area contributed by atoms with Crippen molar-refractivity contribution in [3.8, 4) is 11.3 Å². The van der Waals surface area contributed by atoms with Crippen molar-refractivity contribution in [2.24, 2.45) is 7.05 Å². The van der Waals surface area contributed by atoms with Crippen molar-refractivity contribution >= 4 is 10.9 Å². The Kier molecular flexibility index (Phi) is 2.40. The number of fused-ring (bicyclic) bond motifs is 1. The Bertz CT molecular complexity index is 705. The highest BCUT2D eigenvalue weighted by Crippen LogP contribution is 2.28. The second-order valence-corrected chi connectivity index (χ2v) is 4.61. The Morgan fingerprint density at radius 1 is 1.06 bits per heavy atom. The van der Waals surface area contributed by atoms with Gasteiger partial charge in [0.25, 0.3) is 0 Å². The van der Waals surface area contributed by atoms with Crippen LogP contribution in [-0.2, 0) is 7.05 Å². The zero-order chi connectivity index (χ0) is 12.7. The Morgan fingerprint density at radius 3 is 2.61 bits per heavy atom. The zero-order valence-corrected chi connectivity index (χ0v) is 10.8. The maximum atomic E-state index is 4.54. The van der Waals surface area contributed by atoms with Crippen molar-refractivity contribution in [3.63, 3.8) is 0 Å². The SMILES string of the molecule is Cc1cc(-c2cn(C)c3ccccc23)nc(C)n1. The average molecular weight is 237 g/mol. The predicted molar refractivity (Wildman–Crippen MR) is 73.4 cm³/mol. The van der Waals surface area contributed by atoms with E-state index in [-0.39, 0.29) is 0 Å². The molecule has 0 aliphatic carbocycles. The van der Waals surface area contributed by atoms with Crippen LogP contribution in [0.5, 0.6) is 0 Å². The number of aromatic nitrogens is 3. The summed E-state index contributed by atoms with van der Waals surface area (Å²) in [5, 5.41) is 1.23. The molecule has 0 saturated carbocycles. The number of para-hydroxylation sites is 1. The zero-order valence-electron chi connectivity index (χ0n) is 10.8. The first-order chi connectivity index (χ1) is 8.65. The van der Waals surface area contributed by atoms with Gasteiger partial charge >= 0.3 is 0 Å². The van der Waals surface area contributed by atoms with E-state index in [4.69, 9.17) is 0 Å². The van der Waals surface area contributed by atoms with Crippen LogP contribution >= 0.6 is 0 Å². The largest absolute Gasteiger partial charge is 0.350 e. The minimum atomic E-state index is 0.818. The quantitative estimate of drug-likeness (QED) is 0.650. The smallest absolute Gasteiger partial charge is 0.126 e. The summed E-state index contributed by atoms with van der Waals surface area (Å²) in [5.74, 6) is 0.818. The molecule has 3 heteroatoms. The third kappa shape index (κ3) is 1.68. The minimum absolute atomic E-state index is 0.818. The molecule has 0 fully saturated rings. The van der Waals surface area contributed by atoms with Crippen molar-refractivity contribution in [3.05, 3.63) is 48.0 Å². The highest BCUT2D eigenvalue weighted by molar-refractivity contribution is 5.95. The number of nitrogens with zero attached hydrogens (tertiary/aromatic N) is 3. The first-order valence-electron chi connectivity index (χ1n) is 6.02. The monoisotopic (exact) mass is 237 g/mol. The summed E-state index contributed by atoms with van der Waals surface area (Å²) < 4.78 is 2.14. The molecular formula is C15H15N3. The van der Waals surface area contributed by atoms with E-state index < -0.39 is 0 Å². The molecule has 0 unspecified atom stereocenters. The van der Waals surface area contributed by atoms with E-state index in [0.29, 0.717) is 0 Å². The molecule has 0 amide bonds. The number of benzene rings is 1. The van der Waals surface area contributed by atoms with E-state index in [1.807, 2.05) is 19.9 Å². The lowest BCUT2D eigenvalue weighted by Gasteiger charge is -2.02. The fourth-order valence-corrected chi connectivity index (χ4v) is 2.40. The average Bonchev–Trinajstić information content (AvgIpc) is 2.66. The van der Waals surface area contributed by atoms with Crippen molar-refractivity contribution in [2.75, 3.05) is 0 Å². The maximum absolute atomic E-state index is 4.54. The predicted octanol–water partition coefficient (Wildman–Crippen LogP) is 3.25. The van der Waals surface area contributed by atoms with Gasteiger partial charge in [-0.2, -0.15) is 0 Å². The van der Waals surface area contributed by atoms with E-state index in [1.165, 1.54) is 16.5 Å². The van der Waals surface area contributed by atoms with Crippen LogP contribution < -0.4 is 0 Å². The van der Waals surface area contributed by atoms with Gasteiger partial charge in [0, 0.05) is 35.4 Å². The van der Waals surface area contributed by atoms with Crippen molar-refractivity contribution in [1.29, 1.82) is 0 Å². The van der Waals surface area contributed by atoms with Crippen molar-refractivity contribution in [2.45, 2.75) is 13.8 Å². The maximum Gasteiger partial charge on any atom is 0.126 e. The van der Waals surface area contributed by atoms with Crippen LogP contribution in [0.15, 0.2) is 36.5 Å². The van der Waals surface area contributed by atoms with Gasteiger partial charge in [-0.3, -0.25) is 0 Å². The van der Waals surface area contributed by atoms with Crippen LogP contribution in [0.3, 0.4) is 0 Å². The van der Waals surface area contributed by atoms with Crippen LogP contribution in [0.4, 0.5) is 0 Å². The van der Waals surface area contributed by atoms with Gasteiger partial charge in [-0.25, -0.2) is 9.97 Å². The minimum Gasteiger partial charge on any atom is -0.350 e. The molecule has 3 rings (SSSR count). The molecule has 2 aromatic heterocycles. The van der Waals surface area contributed by atoms with Gasteiger partial charge in [-0.1, -0.05) is 18.2 Å². The van der Waals surface area contributed by atoms with Crippen LogP contribution in [0.25, 0.3) is 22.2 Å². The summed E-state index contributed by atoms with van der Waals surface area (Å²) in [4.78, 5) is 8.87. The third-order valence-electron chi connectivity index (χ3n) is 3.14. The van der Waals surface area contributed by atoms with Gasteiger partial charge in [0.1, 0.15) is 5.82 Å². The molecule has 0 aliphatic rings. The normalized spacial score (nSPS) is 11.1. The highest BCUT2D eigenvalue weighted by atomic mass is 14.9. The van der Waals surface area contributed by atoms with E-state index in [1.54, 1.807) is 0 Å². The van der Waals surface area contributed by atoms with E-state index in [2.05, 4.69) is 52.0 Å². The summed E-state index contributed by atoms with van der Waals surface area (Å²) in [6.45, 7) is 3.94. The first kappa shape index (κ1) is 11.0. The number of rotatable bonds is 1. The number of hydrogen-bond acceptors (Lipinski definition) is 2. The van der Waals surface area contributed by atoms with Gasteiger partial charge < -0.3 is 4.57 Å². The molecule has 0 atom stereocenters. The lowest BCUT2D eigenvalue weighted by molar-refractivity contribution is 0.966. The first-order valence-corrected chi connectivity index (χ1v) is 6.02. The molecular weight excluding hydrogens is 222 g/mol. The molecule has 3 aromatic rings. The molecule has 0 saturated heterocycles. The molecule has 3 nitrogen and oxygen atoms in total. The molecule has 18 heavy (non-hydrogen) atoms. The van der Waals surface area contributed by atoms with Gasteiger partial charge in [0.05, 0.1) is 5.69 Å². The van der Waals surface area contributed by atoms with E-state index in [0.717, 1.165) is 17.2 Å². The van der Waals surface area contributed by atoms with Gasteiger partial charge in [0.2, 0.25) is 0 Å². The van der Waals surface area contributed by atoms with E-state index in [9.17, 15) is 0 Å². The van der Waals surface area contributed by atoms with Crippen molar-refractivity contribution in [1.82, 2.24) is 14.5 Å². The summed E-state index contributed by atoms with van der Waals surface area (Å²) in [5.41, 5.74) is 4.39. The highest BCUT2D eigenvalue weighted by Gasteiger charge is 2.10. The molecule has 0 N–H and O–H groups in total. The molecule has 0 radical (unpaired) electrons. The Labute approximate surface area is 106 Å². The van der Waals surface area contributed by atoms with E-state index >= 15 is 0 Å². The number of aryl methyl sites for hydroxylation is 3. The summed E-state index contributed by atoms with van der Waals surface area (Å²) in [7, 11) is 2.06. The van der Waals surface area contributed by atoms with Crippen molar-refractivity contribution < 1.29 is 0 Å². The molecule has 0 spiro atoms. The fraction of sp³-hybridized carbons (Fsp3) is 0.200. The molecule has 0 aliphatic heterocycles. The van der Waals surface area contributed by atoms with Gasteiger partial charge in [-0.05, 0) is 26.0 Å². The van der Waals surface area contributed by atoms with Crippen LogP contribution in [0.1, 0.15) is 11.5 Å². The van der Waals surface area contributed by atoms with Gasteiger partial charge in [0.15, 0.2) is 0 Å². The standard InChI is InChI=1S/C15H15N3/c1-10-8-14(17-11(2)16-10)13-9-18(3)15-7-5-4-6-12(13)15/h4-9H,1-3H3. The number of hydrogen-bond donors (Lipinski definition) is 0. The van der Waals surface area contributed by atoms with Gasteiger partial charge in [-0.15, -0.1) is 0 Å². The molecule has 2 heterocycles. The molecule has 90 valence electrons.